The van der Waals surface area contributed by atoms with Gasteiger partial charge < -0.3 is 10.2 Å². The van der Waals surface area contributed by atoms with Gasteiger partial charge in [-0.25, -0.2) is 0 Å². The third-order valence-electron chi connectivity index (χ3n) is 2.36. The molecule has 0 radical (unpaired) electrons. The number of rotatable bonds is 0. The zero-order valence-electron chi connectivity index (χ0n) is 9.74. The monoisotopic (exact) mass is 207 g/mol. The summed E-state index contributed by atoms with van der Waals surface area (Å²) in [5.41, 5.74) is 1.31. The summed E-state index contributed by atoms with van der Waals surface area (Å²) in [5.74, 6) is 0. The number of nitrogens with zero attached hydrogens (tertiary/aromatic N) is 2. The van der Waals surface area contributed by atoms with E-state index in [0.717, 1.165) is 19.6 Å². The summed E-state index contributed by atoms with van der Waals surface area (Å²) in [6.45, 7) is 7.67. The third kappa shape index (κ3) is 6.20. The van der Waals surface area contributed by atoms with Gasteiger partial charge in [0.1, 0.15) is 0 Å². The van der Waals surface area contributed by atoms with Crippen molar-refractivity contribution >= 4 is 6.21 Å². The molecule has 0 aromatic carbocycles. The van der Waals surface area contributed by atoms with Crippen LogP contribution < -0.4 is 5.32 Å². The topological polar surface area (TPSA) is 27.6 Å². The van der Waals surface area contributed by atoms with Crippen LogP contribution in [0.2, 0.25) is 0 Å². The van der Waals surface area contributed by atoms with Crippen LogP contribution in [0.15, 0.2) is 28.8 Å². The summed E-state index contributed by atoms with van der Waals surface area (Å²) in [6.07, 6.45) is 7.85. The number of hydrogen-bond donors (Lipinski definition) is 1. The van der Waals surface area contributed by atoms with Crippen molar-refractivity contribution in [2.24, 2.45) is 4.99 Å². The van der Waals surface area contributed by atoms with Gasteiger partial charge in [-0.2, -0.15) is 0 Å². The highest BCUT2D eigenvalue weighted by molar-refractivity contribution is 5.72. The van der Waals surface area contributed by atoms with Gasteiger partial charge in [-0.1, -0.05) is 17.7 Å². The fourth-order valence-corrected chi connectivity index (χ4v) is 1.36. The second kappa shape index (κ2) is 7.37. The quantitative estimate of drug-likeness (QED) is 0.644. The normalized spacial score (nSPS) is 21.3. The fraction of sp³-hybridized carbons (Fsp3) is 0.583. The molecular formula is C12H21N3. The molecule has 0 aliphatic carbocycles. The second-order valence-corrected chi connectivity index (χ2v) is 3.94. The fourth-order valence-electron chi connectivity index (χ4n) is 1.36. The van der Waals surface area contributed by atoms with E-state index in [0.29, 0.717) is 0 Å². The number of likely N-dealkylation sites (N-methyl/N-ethyl adjacent to an activating group) is 1. The lowest BCUT2D eigenvalue weighted by Gasteiger charge is -2.21. The van der Waals surface area contributed by atoms with Gasteiger partial charge in [-0.3, -0.25) is 4.99 Å². The molecule has 2 rings (SSSR count). The number of aliphatic imine (C=N–C) groups is 1. The van der Waals surface area contributed by atoms with Crippen molar-refractivity contribution in [2.45, 2.75) is 6.92 Å². The average molecular weight is 207 g/mol. The van der Waals surface area contributed by atoms with E-state index in [4.69, 9.17) is 0 Å². The molecular weight excluding hydrogens is 186 g/mol. The van der Waals surface area contributed by atoms with Crippen LogP contribution in [0.5, 0.6) is 0 Å². The first-order valence-electron chi connectivity index (χ1n) is 5.50. The number of piperazine rings is 1. The molecule has 2 aliphatic heterocycles. The van der Waals surface area contributed by atoms with Gasteiger partial charge in [-0.05, 0) is 20.0 Å². The molecule has 0 aromatic rings. The molecule has 0 atom stereocenters. The van der Waals surface area contributed by atoms with Crippen LogP contribution in [0.3, 0.4) is 0 Å². The zero-order chi connectivity index (χ0) is 10.9. The maximum atomic E-state index is 4.07. The van der Waals surface area contributed by atoms with Crippen LogP contribution >= 0.6 is 0 Å². The average Bonchev–Trinajstić information content (AvgIpc) is 2.48. The van der Waals surface area contributed by atoms with E-state index in [1.54, 1.807) is 0 Å². The smallest absolute Gasteiger partial charge is 0.0599 e. The van der Waals surface area contributed by atoms with Gasteiger partial charge in [0.25, 0.3) is 0 Å². The lowest BCUT2D eigenvalue weighted by atomic mass is 10.3. The van der Waals surface area contributed by atoms with E-state index in [1.165, 1.54) is 18.7 Å². The highest BCUT2D eigenvalue weighted by atomic mass is 15.2. The molecule has 15 heavy (non-hydrogen) atoms. The molecule has 2 aliphatic rings. The van der Waals surface area contributed by atoms with Crippen molar-refractivity contribution in [2.75, 3.05) is 39.8 Å². The highest BCUT2D eigenvalue weighted by Crippen LogP contribution is 1.95. The molecule has 1 N–H and O–H groups in total. The van der Waals surface area contributed by atoms with Crippen LogP contribution in [0.1, 0.15) is 6.92 Å². The minimum Gasteiger partial charge on any atom is -0.314 e. The van der Waals surface area contributed by atoms with Crippen molar-refractivity contribution in [3.05, 3.63) is 23.8 Å². The van der Waals surface area contributed by atoms with Crippen LogP contribution in [-0.4, -0.2) is 50.9 Å². The van der Waals surface area contributed by atoms with Gasteiger partial charge in [0.05, 0.1) is 6.54 Å². The number of nitrogens with one attached hydrogen (secondary N) is 1. The Labute approximate surface area is 92.6 Å². The zero-order valence-corrected chi connectivity index (χ0v) is 9.74. The minimum atomic E-state index is 0.854. The molecule has 84 valence electrons. The first kappa shape index (κ1) is 12.1. The lowest BCUT2D eigenvalue weighted by Crippen LogP contribution is -2.40. The standard InChI is InChI=1S/C7H9N.C5H12N2/c1-7-4-2-3-5-8-6-7;1-7-4-2-6-3-5-7/h2-5H,6H2,1H3;6H,2-5H2,1H3. The van der Waals surface area contributed by atoms with Gasteiger partial charge in [0, 0.05) is 32.4 Å². The summed E-state index contributed by atoms with van der Waals surface area (Å²) >= 11 is 0. The summed E-state index contributed by atoms with van der Waals surface area (Å²) in [4.78, 5) is 6.40. The van der Waals surface area contributed by atoms with E-state index in [-0.39, 0.29) is 0 Å². The van der Waals surface area contributed by atoms with Crippen LogP contribution in [0.25, 0.3) is 0 Å². The van der Waals surface area contributed by atoms with Gasteiger partial charge in [-0.15, -0.1) is 0 Å². The summed E-state index contributed by atoms with van der Waals surface area (Å²) in [5, 5.41) is 3.27. The Morgan fingerprint density at radius 1 is 1.27 bits per heavy atom. The Balaban J connectivity index is 0.000000151. The molecule has 1 saturated heterocycles. The maximum absolute atomic E-state index is 4.07. The van der Waals surface area contributed by atoms with Crippen molar-refractivity contribution in [1.29, 1.82) is 0 Å². The second-order valence-electron chi connectivity index (χ2n) is 3.94. The van der Waals surface area contributed by atoms with E-state index < -0.39 is 0 Å². The largest absolute Gasteiger partial charge is 0.314 e. The molecule has 0 spiro atoms. The molecule has 2 heterocycles. The van der Waals surface area contributed by atoms with Crippen LogP contribution in [0, 0.1) is 0 Å². The Morgan fingerprint density at radius 2 is 2.00 bits per heavy atom. The van der Waals surface area contributed by atoms with Gasteiger partial charge in [0.2, 0.25) is 0 Å². The molecule has 3 heteroatoms. The van der Waals surface area contributed by atoms with E-state index in [2.05, 4.69) is 35.3 Å². The molecule has 0 amide bonds. The number of allylic oxidation sites excluding steroid dienone is 3. The summed E-state index contributed by atoms with van der Waals surface area (Å²) in [6, 6.07) is 0. The van der Waals surface area contributed by atoms with Crippen molar-refractivity contribution in [3.8, 4) is 0 Å². The molecule has 0 aromatic heterocycles. The van der Waals surface area contributed by atoms with Crippen molar-refractivity contribution in [3.63, 3.8) is 0 Å². The van der Waals surface area contributed by atoms with Crippen LogP contribution in [-0.2, 0) is 0 Å². The Morgan fingerprint density at radius 3 is 2.60 bits per heavy atom. The summed E-state index contributed by atoms with van der Waals surface area (Å²) < 4.78 is 0. The molecule has 0 saturated carbocycles. The maximum Gasteiger partial charge on any atom is 0.0599 e. The SMILES string of the molecule is CC1=CC=CC=NC1.CN1CCNCC1. The number of hydrogen-bond acceptors (Lipinski definition) is 3. The highest BCUT2D eigenvalue weighted by Gasteiger charge is 2.01. The van der Waals surface area contributed by atoms with E-state index in [1.807, 2.05) is 18.4 Å². The van der Waals surface area contributed by atoms with E-state index in [9.17, 15) is 0 Å². The minimum absolute atomic E-state index is 0.854. The van der Waals surface area contributed by atoms with Crippen LogP contribution in [0.4, 0.5) is 0 Å². The lowest BCUT2D eigenvalue weighted by molar-refractivity contribution is 0.291. The van der Waals surface area contributed by atoms with Gasteiger partial charge in [0.15, 0.2) is 0 Å². The Hall–Kier alpha value is -0.930. The molecule has 0 bridgehead atoms. The summed E-state index contributed by atoms with van der Waals surface area (Å²) in [7, 11) is 2.15. The molecule has 3 nitrogen and oxygen atoms in total. The van der Waals surface area contributed by atoms with Crippen molar-refractivity contribution < 1.29 is 0 Å². The molecule has 0 unspecified atom stereocenters. The van der Waals surface area contributed by atoms with Crippen molar-refractivity contribution in [1.82, 2.24) is 10.2 Å². The third-order valence-corrected chi connectivity index (χ3v) is 2.36. The first-order valence-corrected chi connectivity index (χ1v) is 5.50. The predicted octanol–water partition coefficient (Wildman–Crippen LogP) is 1.09. The Bertz CT molecular complexity index is 248. The Kier molecular flexibility index (Phi) is 5.97. The first-order chi connectivity index (χ1) is 7.29. The molecule has 1 fully saturated rings. The van der Waals surface area contributed by atoms with Gasteiger partial charge >= 0.3 is 0 Å². The van der Waals surface area contributed by atoms with E-state index >= 15 is 0 Å². The predicted molar refractivity (Wildman–Crippen MR) is 66.6 cm³/mol.